The van der Waals surface area contributed by atoms with E-state index in [1.54, 1.807) is 17.0 Å². The SMILES string of the molecule is CNCCN(C(=O)c1cc(C)ccc1N/N=C\C=N)C(C)CC=O. The van der Waals surface area contributed by atoms with Gasteiger partial charge in [-0.2, -0.15) is 5.10 Å². The van der Waals surface area contributed by atoms with Crippen LogP contribution in [0.15, 0.2) is 23.3 Å². The van der Waals surface area contributed by atoms with Crippen LogP contribution in [0.5, 0.6) is 0 Å². The minimum absolute atomic E-state index is 0.157. The monoisotopic (exact) mass is 331 g/mol. The van der Waals surface area contributed by atoms with Gasteiger partial charge in [0.1, 0.15) is 6.29 Å². The van der Waals surface area contributed by atoms with Gasteiger partial charge in [0.05, 0.1) is 17.5 Å². The molecule has 0 saturated carbocycles. The molecule has 130 valence electrons. The zero-order chi connectivity index (χ0) is 17.9. The molecule has 0 heterocycles. The second-order valence-corrected chi connectivity index (χ2v) is 5.46. The smallest absolute Gasteiger partial charge is 0.256 e. The highest BCUT2D eigenvalue weighted by atomic mass is 16.2. The van der Waals surface area contributed by atoms with Gasteiger partial charge in [-0.3, -0.25) is 10.2 Å². The van der Waals surface area contributed by atoms with Crippen LogP contribution >= 0.6 is 0 Å². The van der Waals surface area contributed by atoms with Crippen LogP contribution in [-0.4, -0.2) is 55.7 Å². The normalized spacial score (nSPS) is 12.0. The molecule has 1 aromatic carbocycles. The average molecular weight is 331 g/mol. The van der Waals surface area contributed by atoms with E-state index < -0.39 is 0 Å². The van der Waals surface area contributed by atoms with Crippen molar-refractivity contribution in [1.82, 2.24) is 10.2 Å². The quantitative estimate of drug-likeness (QED) is 0.345. The van der Waals surface area contributed by atoms with Crippen molar-refractivity contribution in [3.8, 4) is 0 Å². The number of likely N-dealkylation sites (N-methyl/N-ethyl adjacent to an activating group) is 1. The van der Waals surface area contributed by atoms with Crippen molar-refractivity contribution in [3.63, 3.8) is 0 Å². The maximum Gasteiger partial charge on any atom is 0.256 e. The zero-order valence-electron chi connectivity index (χ0n) is 14.4. The molecule has 0 fully saturated rings. The lowest BCUT2D eigenvalue weighted by atomic mass is 10.1. The van der Waals surface area contributed by atoms with Crippen LogP contribution in [0.25, 0.3) is 0 Å². The fraction of sp³-hybridized carbons (Fsp3) is 0.412. The summed E-state index contributed by atoms with van der Waals surface area (Å²) in [5.74, 6) is -0.157. The van der Waals surface area contributed by atoms with E-state index in [9.17, 15) is 9.59 Å². The summed E-state index contributed by atoms with van der Waals surface area (Å²) in [5.41, 5.74) is 4.80. The molecule has 1 atom stereocenters. The van der Waals surface area contributed by atoms with Crippen molar-refractivity contribution in [3.05, 3.63) is 29.3 Å². The molecule has 1 rings (SSSR count). The minimum atomic E-state index is -0.193. The van der Waals surface area contributed by atoms with Crippen molar-refractivity contribution in [1.29, 1.82) is 5.41 Å². The van der Waals surface area contributed by atoms with Gasteiger partial charge < -0.3 is 20.4 Å². The Labute approximate surface area is 142 Å². The third-order valence-electron chi connectivity index (χ3n) is 3.57. The molecule has 1 aromatic rings. The van der Waals surface area contributed by atoms with Gasteiger partial charge in [0.15, 0.2) is 0 Å². The molecular formula is C17H25N5O2. The highest BCUT2D eigenvalue weighted by Crippen LogP contribution is 2.21. The fourth-order valence-electron chi connectivity index (χ4n) is 2.25. The molecule has 0 bridgehead atoms. The Morgan fingerprint density at radius 3 is 2.83 bits per heavy atom. The molecule has 0 aliphatic heterocycles. The van der Waals surface area contributed by atoms with E-state index in [1.807, 2.05) is 27.0 Å². The number of nitrogens with zero attached hydrogens (tertiary/aromatic N) is 2. The summed E-state index contributed by atoms with van der Waals surface area (Å²) in [4.78, 5) is 25.5. The van der Waals surface area contributed by atoms with Gasteiger partial charge in [-0.15, -0.1) is 0 Å². The maximum absolute atomic E-state index is 13.0. The third kappa shape index (κ3) is 5.58. The molecule has 0 saturated heterocycles. The second kappa shape index (κ2) is 10.3. The van der Waals surface area contributed by atoms with Crippen molar-refractivity contribution >= 4 is 30.3 Å². The molecule has 1 unspecified atom stereocenters. The van der Waals surface area contributed by atoms with Crippen LogP contribution < -0.4 is 10.7 Å². The van der Waals surface area contributed by atoms with Crippen LogP contribution in [-0.2, 0) is 4.79 Å². The van der Waals surface area contributed by atoms with E-state index >= 15 is 0 Å². The molecule has 0 aliphatic rings. The first kappa shape index (κ1) is 19.5. The van der Waals surface area contributed by atoms with Gasteiger partial charge in [0.25, 0.3) is 5.91 Å². The molecule has 1 amide bonds. The molecule has 24 heavy (non-hydrogen) atoms. The van der Waals surface area contributed by atoms with Gasteiger partial charge in [0.2, 0.25) is 0 Å². The number of carbonyl (C=O) groups is 2. The first-order chi connectivity index (χ1) is 11.5. The van der Waals surface area contributed by atoms with Crippen molar-refractivity contribution in [2.45, 2.75) is 26.3 Å². The summed E-state index contributed by atoms with van der Waals surface area (Å²) < 4.78 is 0. The predicted octanol–water partition coefficient (Wildman–Crippen LogP) is 1.68. The van der Waals surface area contributed by atoms with Crippen LogP contribution in [0.1, 0.15) is 29.3 Å². The number of hydrogen-bond acceptors (Lipinski definition) is 6. The molecule has 0 radical (unpaired) electrons. The Morgan fingerprint density at radius 1 is 1.46 bits per heavy atom. The van der Waals surface area contributed by atoms with Crippen molar-refractivity contribution < 1.29 is 9.59 Å². The number of hydrogen-bond donors (Lipinski definition) is 3. The predicted molar refractivity (Wildman–Crippen MR) is 97.2 cm³/mol. The number of anilines is 1. The van der Waals surface area contributed by atoms with Gasteiger partial charge in [0, 0.05) is 31.8 Å². The van der Waals surface area contributed by atoms with E-state index in [0.717, 1.165) is 18.1 Å². The van der Waals surface area contributed by atoms with Crippen LogP contribution in [0.2, 0.25) is 0 Å². The third-order valence-corrected chi connectivity index (χ3v) is 3.57. The number of amides is 1. The molecular weight excluding hydrogens is 306 g/mol. The lowest BCUT2D eigenvalue weighted by Crippen LogP contribution is -2.42. The summed E-state index contributed by atoms with van der Waals surface area (Å²) in [7, 11) is 1.82. The Kier molecular flexibility index (Phi) is 8.35. The van der Waals surface area contributed by atoms with E-state index in [-0.39, 0.29) is 18.4 Å². The first-order valence-electron chi connectivity index (χ1n) is 7.83. The molecule has 7 heteroatoms. The number of benzene rings is 1. The Balaban J connectivity index is 3.15. The summed E-state index contributed by atoms with van der Waals surface area (Å²) in [6, 6.07) is 5.27. The topological polar surface area (TPSA) is 97.7 Å². The molecule has 3 N–H and O–H groups in total. The molecule has 0 aromatic heterocycles. The van der Waals surface area contributed by atoms with E-state index in [1.165, 1.54) is 6.21 Å². The van der Waals surface area contributed by atoms with E-state index in [0.29, 0.717) is 24.3 Å². The average Bonchev–Trinajstić information content (AvgIpc) is 2.56. The van der Waals surface area contributed by atoms with Crippen LogP contribution in [0, 0.1) is 12.3 Å². The van der Waals surface area contributed by atoms with Crippen molar-refractivity contribution in [2.75, 3.05) is 25.6 Å². The van der Waals surface area contributed by atoms with Crippen LogP contribution in [0.3, 0.4) is 0 Å². The summed E-state index contributed by atoms with van der Waals surface area (Å²) in [5, 5.41) is 13.9. The molecule has 7 nitrogen and oxygen atoms in total. The number of aryl methyl sites for hydroxylation is 1. The number of aldehydes is 1. The van der Waals surface area contributed by atoms with Gasteiger partial charge in [-0.25, -0.2) is 0 Å². The molecule has 0 aliphatic carbocycles. The van der Waals surface area contributed by atoms with E-state index in [4.69, 9.17) is 5.41 Å². The number of hydrazone groups is 1. The maximum atomic E-state index is 13.0. The number of carbonyl (C=O) groups excluding carboxylic acids is 2. The Hall–Kier alpha value is -2.54. The lowest BCUT2D eigenvalue weighted by Gasteiger charge is -2.29. The van der Waals surface area contributed by atoms with Crippen molar-refractivity contribution in [2.24, 2.45) is 5.10 Å². The Morgan fingerprint density at radius 2 is 2.21 bits per heavy atom. The highest BCUT2D eigenvalue weighted by molar-refractivity contribution is 6.14. The summed E-state index contributed by atoms with van der Waals surface area (Å²) in [6.07, 6.45) is 3.46. The van der Waals surface area contributed by atoms with Gasteiger partial charge in [-0.05, 0) is 33.0 Å². The van der Waals surface area contributed by atoms with Gasteiger partial charge >= 0.3 is 0 Å². The lowest BCUT2D eigenvalue weighted by molar-refractivity contribution is -0.108. The second-order valence-electron chi connectivity index (χ2n) is 5.46. The number of nitrogens with one attached hydrogen (secondary N) is 3. The van der Waals surface area contributed by atoms with E-state index in [2.05, 4.69) is 15.8 Å². The molecule has 0 spiro atoms. The standard InChI is InChI=1S/C17H25N5O2/c1-13-4-5-16(21-20-8-7-18)15(12-13)17(24)22(10-9-19-3)14(2)6-11-23/h4-5,7-8,11-12,14,18-19,21H,6,9-10H2,1-3H3/b18-7?,20-8-. The highest BCUT2D eigenvalue weighted by Gasteiger charge is 2.23. The minimum Gasteiger partial charge on any atom is -0.334 e. The first-order valence-corrected chi connectivity index (χ1v) is 7.83. The largest absolute Gasteiger partial charge is 0.334 e. The summed E-state index contributed by atoms with van der Waals surface area (Å²) in [6.45, 7) is 4.91. The Bertz CT molecular complexity index is 601. The fourth-order valence-corrected chi connectivity index (χ4v) is 2.25. The van der Waals surface area contributed by atoms with Crippen LogP contribution in [0.4, 0.5) is 5.69 Å². The summed E-state index contributed by atoms with van der Waals surface area (Å²) >= 11 is 0. The number of rotatable bonds is 10. The van der Waals surface area contributed by atoms with Gasteiger partial charge in [-0.1, -0.05) is 11.6 Å². The zero-order valence-corrected chi connectivity index (χ0v) is 14.4.